The van der Waals surface area contributed by atoms with Crippen LogP contribution in [0.1, 0.15) is 5.56 Å². The Labute approximate surface area is 152 Å². The number of aromatic nitrogens is 1. The molecule has 7 heteroatoms. The van der Waals surface area contributed by atoms with Gasteiger partial charge in [-0.15, -0.1) is 0 Å². The second kappa shape index (κ2) is 7.45. The van der Waals surface area contributed by atoms with Crippen molar-refractivity contribution in [2.75, 3.05) is 11.8 Å². The van der Waals surface area contributed by atoms with Gasteiger partial charge in [0.2, 0.25) is 5.88 Å². The highest BCUT2D eigenvalue weighted by molar-refractivity contribution is 7.92. The molecule has 134 valence electrons. The molecule has 0 aliphatic carbocycles. The van der Waals surface area contributed by atoms with Gasteiger partial charge in [-0.2, -0.15) is 0 Å². The molecule has 3 aromatic rings. The van der Waals surface area contributed by atoms with Gasteiger partial charge in [0.1, 0.15) is 11.5 Å². The highest BCUT2D eigenvalue weighted by Gasteiger charge is 2.15. The fourth-order valence-corrected chi connectivity index (χ4v) is 3.34. The predicted molar refractivity (Wildman–Crippen MR) is 99.3 cm³/mol. The highest BCUT2D eigenvalue weighted by Crippen LogP contribution is 2.25. The van der Waals surface area contributed by atoms with Gasteiger partial charge in [-0.05, 0) is 36.8 Å². The maximum Gasteiger partial charge on any atom is 0.262 e. The SMILES string of the molecule is COc1cccc(S(=O)(=O)Nc2ccc(Oc3ccccc3C)nc2)c1. The van der Waals surface area contributed by atoms with E-state index in [0.29, 0.717) is 23.1 Å². The molecule has 0 radical (unpaired) electrons. The average Bonchev–Trinajstić information content (AvgIpc) is 2.65. The Morgan fingerprint density at radius 3 is 2.50 bits per heavy atom. The van der Waals surface area contributed by atoms with Gasteiger partial charge >= 0.3 is 0 Å². The fraction of sp³-hybridized carbons (Fsp3) is 0.105. The van der Waals surface area contributed by atoms with Crippen molar-refractivity contribution in [2.24, 2.45) is 0 Å². The summed E-state index contributed by atoms with van der Waals surface area (Å²) in [6.45, 7) is 1.94. The molecule has 3 rings (SSSR count). The molecule has 0 saturated carbocycles. The van der Waals surface area contributed by atoms with Crippen molar-refractivity contribution < 1.29 is 17.9 Å². The molecule has 2 aromatic carbocycles. The van der Waals surface area contributed by atoms with E-state index < -0.39 is 10.0 Å². The average molecular weight is 370 g/mol. The first-order valence-electron chi connectivity index (χ1n) is 7.84. The molecular weight excluding hydrogens is 352 g/mol. The third-order valence-corrected chi connectivity index (χ3v) is 5.03. The molecule has 0 atom stereocenters. The molecule has 1 heterocycles. The van der Waals surface area contributed by atoms with E-state index in [9.17, 15) is 8.42 Å². The molecule has 0 bridgehead atoms. The van der Waals surface area contributed by atoms with Gasteiger partial charge in [0, 0.05) is 12.1 Å². The maximum absolute atomic E-state index is 12.5. The van der Waals surface area contributed by atoms with E-state index in [1.165, 1.54) is 25.4 Å². The lowest BCUT2D eigenvalue weighted by atomic mass is 10.2. The molecule has 0 amide bonds. The number of para-hydroxylation sites is 1. The minimum Gasteiger partial charge on any atom is -0.497 e. The van der Waals surface area contributed by atoms with Gasteiger partial charge in [0.05, 0.1) is 23.9 Å². The van der Waals surface area contributed by atoms with Gasteiger partial charge in [-0.1, -0.05) is 24.3 Å². The number of hydrogen-bond acceptors (Lipinski definition) is 5. The van der Waals surface area contributed by atoms with E-state index in [1.54, 1.807) is 24.3 Å². The fourth-order valence-electron chi connectivity index (χ4n) is 2.27. The van der Waals surface area contributed by atoms with Crippen LogP contribution in [-0.2, 0) is 10.0 Å². The summed E-state index contributed by atoms with van der Waals surface area (Å²) in [5, 5.41) is 0. The number of nitrogens with zero attached hydrogens (tertiary/aromatic N) is 1. The van der Waals surface area contributed by atoms with Crippen molar-refractivity contribution in [3.63, 3.8) is 0 Å². The summed E-state index contributed by atoms with van der Waals surface area (Å²) < 4.78 is 38.2. The minimum absolute atomic E-state index is 0.108. The van der Waals surface area contributed by atoms with E-state index >= 15 is 0 Å². The van der Waals surface area contributed by atoms with Gasteiger partial charge in [-0.25, -0.2) is 13.4 Å². The number of benzene rings is 2. The highest BCUT2D eigenvalue weighted by atomic mass is 32.2. The summed E-state index contributed by atoms with van der Waals surface area (Å²) in [5.41, 5.74) is 1.32. The lowest BCUT2D eigenvalue weighted by molar-refractivity contribution is 0.413. The van der Waals surface area contributed by atoms with Crippen molar-refractivity contribution in [3.8, 4) is 17.4 Å². The van der Waals surface area contributed by atoms with Crippen molar-refractivity contribution >= 4 is 15.7 Å². The molecular formula is C19H18N2O4S. The number of aryl methyl sites for hydroxylation is 1. The van der Waals surface area contributed by atoms with Crippen LogP contribution >= 0.6 is 0 Å². The van der Waals surface area contributed by atoms with Crippen LogP contribution < -0.4 is 14.2 Å². The third kappa shape index (κ3) is 4.12. The smallest absolute Gasteiger partial charge is 0.262 e. The summed E-state index contributed by atoms with van der Waals surface area (Å²) in [6, 6.07) is 17.0. The van der Waals surface area contributed by atoms with Gasteiger partial charge < -0.3 is 9.47 Å². The van der Waals surface area contributed by atoms with Gasteiger partial charge in [0.25, 0.3) is 10.0 Å². The Morgan fingerprint density at radius 2 is 1.81 bits per heavy atom. The molecule has 0 aliphatic heterocycles. The molecule has 26 heavy (non-hydrogen) atoms. The van der Waals surface area contributed by atoms with Crippen molar-refractivity contribution in [1.29, 1.82) is 0 Å². The van der Waals surface area contributed by atoms with Crippen LogP contribution in [0.4, 0.5) is 5.69 Å². The largest absolute Gasteiger partial charge is 0.497 e. The first-order chi connectivity index (χ1) is 12.5. The van der Waals surface area contributed by atoms with Gasteiger partial charge in [-0.3, -0.25) is 4.72 Å². The van der Waals surface area contributed by atoms with Crippen molar-refractivity contribution in [2.45, 2.75) is 11.8 Å². The zero-order valence-corrected chi connectivity index (χ0v) is 15.2. The normalized spacial score (nSPS) is 11.0. The molecule has 0 spiro atoms. The number of hydrogen-bond donors (Lipinski definition) is 1. The van der Waals surface area contributed by atoms with Crippen LogP contribution in [0.2, 0.25) is 0 Å². The molecule has 1 aromatic heterocycles. The van der Waals surface area contributed by atoms with Crippen LogP contribution in [0.5, 0.6) is 17.4 Å². The van der Waals surface area contributed by atoms with Crippen molar-refractivity contribution in [3.05, 3.63) is 72.4 Å². The molecule has 0 unspecified atom stereocenters. The number of rotatable bonds is 6. The Balaban J connectivity index is 1.75. The molecule has 6 nitrogen and oxygen atoms in total. The van der Waals surface area contributed by atoms with Crippen molar-refractivity contribution in [1.82, 2.24) is 4.98 Å². The minimum atomic E-state index is -3.74. The maximum atomic E-state index is 12.5. The monoisotopic (exact) mass is 370 g/mol. The molecule has 0 aliphatic rings. The molecule has 1 N–H and O–H groups in total. The summed E-state index contributed by atoms with van der Waals surface area (Å²) in [6.07, 6.45) is 1.41. The first-order valence-corrected chi connectivity index (χ1v) is 9.33. The lowest BCUT2D eigenvalue weighted by Gasteiger charge is -2.10. The van der Waals surface area contributed by atoms with Crippen LogP contribution in [0.3, 0.4) is 0 Å². The van der Waals surface area contributed by atoms with Gasteiger partial charge in [0.15, 0.2) is 0 Å². The number of ether oxygens (including phenoxy) is 2. The summed E-state index contributed by atoms with van der Waals surface area (Å²) in [5.74, 6) is 1.54. The predicted octanol–water partition coefficient (Wildman–Crippen LogP) is 3.99. The Kier molecular flexibility index (Phi) is 5.09. The standard InChI is InChI=1S/C19H18N2O4S/c1-14-6-3-4-9-18(14)25-19-11-10-15(13-20-19)21-26(22,23)17-8-5-7-16(12-17)24-2/h3-13,21H,1-2H3. The Morgan fingerprint density at radius 1 is 1.00 bits per heavy atom. The van der Waals surface area contributed by atoms with E-state index in [-0.39, 0.29) is 4.90 Å². The number of pyridine rings is 1. The lowest BCUT2D eigenvalue weighted by Crippen LogP contribution is -2.13. The second-order valence-electron chi connectivity index (χ2n) is 5.54. The van der Waals surface area contributed by atoms with Crippen LogP contribution in [-0.4, -0.2) is 20.5 Å². The molecule has 0 fully saturated rings. The first kappa shape index (κ1) is 17.8. The number of sulfonamides is 1. The Hall–Kier alpha value is -3.06. The zero-order valence-electron chi connectivity index (χ0n) is 14.3. The van der Waals surface area contributed by atoms with E-state index in [1.807, 2.05) is 31.2 Å². The summed E-state index contributed by atoms with van der Waals surface area (Å²) >= 11 is 0. The van der Waals surface area contributed by atoms with E-state index in [0.717, 1.165) is 5.56 Å². The second-order valence-corrected chi connectivity index (χ2v) is 7.22. The zero-order chi connectivity index (χ0) is 18.6. The third-order valence-electron chi connectivity index (χ3n) is 3.65. The summed E-state index contributed by atoms with van der Waals surface area (Å²) in [4.78, 5) is 4.26. The number of methoxy groups -OCH3 is 1. The summed E-state index contributed by atoms with van der Waals surface area (Å²) in [7, 11) is -2.25. The number of anilines is 1. The van der Waals surface area contributed by atoms with Crippen LogP contribution in [0.15, 0.2) is 71.8 Å². The van der Waals surface area contributed by atoms with Crippen LogP contribution in [0.25, 0.3) is 0 Å². The number of nitrogens with one attached hydrogen (secondary N) is 1. The topological polar surface area (TPSA) is 77.5 Å². The van der Waals surface area contributed by atoms with Crippen LogP contribution in [0, 0.1) is 6.92 Å². The van der Waals surface area contributed by atoms with E-state index in [2.05, 4.69) is 9.71 Å². The molecule has 0 saturated heterocycles. The quantitative estimate of drug-likeness (QED) is 0.710. The van der Waals surface area contributed by atoms with E-state index in [4.69, 9.17) is 9.47 Å². The Bertz CT molecular complexity index is 1000.